The molecule has 3 heteroatoms. The number of nitrogens with zero attached hydrogens (tertiary/aromatic N) is 1. The van der Waals surface area contributed by atoms with Crippen molar-refractivity contribution in [3.63, 3.8) is 0 Å². The summed E-state index contributed by atoms with van der Waals surface area (Å²) in [4.78, 5) is 0. The largest absolute Gasteiger partial charge is 0.343 e. The molecule has 0 radical (unpaired) electrons. The number of aryl methyl sites for hydroxylation is 2. The lowest BCUT2D eigenvalue weighted by molar-refractivity contribution is 0.441. The summed E-state index contributed by atoms with van der Waals surface area (Å²) in [6, 6.07) is 6.74. The molecular weight excluding hydrogens is 288 g/mol. The van der Waals surface area contributed by atoms with E-state index in [0.29, 0.717) is 0 Å². The molecule has 0 amide bonds. The minimum atomic E-state index is 0.721. The van der Waals surface area contributed by atoms with Crippen molar-refractivity contribution < 1.29 is 0 Å². The summed E-state index contributed by atoms with van der Waals surface area (Å²) in [6.07, 6.45) is 3.74. The van der Waals surface area contributed by atoms with Gasteiger partial charge in [0.2, 0.25) is 0 Å². The van der Waals surface area contributed by atoms with Crippen molar-refractivity contribution in [2.24, 2.45) is 0 Å². The Morgan fingerprint density at radius 3 is 2.89 bits per heavy atom. The Kier molecular flexibility index (Phi) is 2.52. The van der Waals surface area contributed by atoms with Crippen molar-refractivity contribution in [1.82, 2.24) is 9.88 Å². The second-order valence-electron chi connectivity index (χ2n) is 5.44. The first-order valence-electron chi connectivity index (χ1n) is 6.86. The van der Waals surface area contributed by atoms with Crippen LogP contribution in [0.15, 0.2) is 22.7 Å². The Hall–Kier alpha value is -0.800. The highest BCUT2D eigenvalue weighted by molar-refractivity contribution is 9.10. The van der Waals surface area contributed by atoms with Gasteiger partial charge in [0.1, 0.15) is 0 Å². The number of aromatic nitrogens is 1. The molecule has 0 spiro atoms. The second-order valence-corrected chi connectivity index (χ2v) is 6.23. The maximum Gasteiger partial charge on any atom is 0.0527 e. The molecule has 1 saturated heterocycles. The van der Waals surface area contributed by atoms with Crippen LogP contribution in [0.1, 0.15) is 30.0 Å². The molecule has 4 rings (SSSR count). The van der Waals surface area contributed by atoms with E-state index < -0.39 is 0 Å². The number of piperidine rings is 1. The normalized spacial score (nSPS) is 19.8. The summed E-state index contributed by atoms with van der Waals surface area (Å²) in [7, 11) is 0. The molecule has 1 fully saturated rings. The van der Waals surface area contributed by atoms with Gasteiger partial charge >= 0.3 is 0 Å². The zero-order valence-electron chi connectivity index (χ0n) is 10.4. The molecule has 1 aromatic heterocycles. The van der Waals surface area contributed by atoms with Gasteiger partial charge in [0.05, 0.1) is 5.52 Å². The lowest BCUT2D eigenvalue weighted by atomic mass is 9.94. The molecule has 2 nitrogen and oxygen atoms in total. The van der Waals surface area contributed by atoms with Crippen LogP contribution in [0, 0.1) is 0 Å². The van der Waals surface area contributed by atoms with E-state index in [9.17, 15) is 0 Å². The van der Waals surface area contributed by atoms with Gasteiger partial charge in [-0.3, -0.25) is 0 Å². The molecule has 0 atom stereocenters. The highest BCUT2D eigenvalue weighted by Crippen LogP contribution is 2.42. The van der Waals surface area contributed by atoms with E-state index in [4.69, 9.17) is 0 Å². The standard InChI is InChI=1S/C15H17BrN2/c16-13-12-3-1-2-10-6-9-18(14(10)12)15(13)11-4-7-17-8-5-11/h1-3,11,17H,4-9H2. The van der Waals surface area contributed by atoms with Gasteiger partial charge in [-0.2, -0.15) is 0 Å². The van der Waals surface area contributed by atoms with Gasteiger partial charge in [-0.15, -0.1) is 0 Å². The first kappa shape index (κ1) is 11.1. The van der Waals surface area contributed by atoms with Crippen LogP contribution in [0.4, 0.5) is 0 Å². The van der Waals surface area contributed by atoms with Crippen LogP contribution in [0.2, 0.25) is 0 Å². The number of para-hydroxylation sites is 1. The Bertz CT molecular complexity index is 608. The predicted molar refractivity (Wildman–Crippen MR) is 78.2 cm³/mol. The first-order chi connectivity index (χ1) is 8.86. The van der Waals surface area contributed by atoms with Crippen molar-refractivity contribution >= 4 is 26.8 Å². The lowest BCUT2D eigenvalue weighted by Gasteiger charge is -2.24. The van der Waals surface area contributed by atoms with E-state index in [1.165, 1.54) is 46.7 Å². The van der Waals surface area contributed by atoms with Gasteiger partial charge in [0.15, 0.2) is 0 Å². The summed E-state index contributed by atoms with van der Waals surface area (Å²) in [5, 5.41) is 4.88. The molecule has 0 saturated carbocycles. The Morgan fingerprint density at radius 2 is 2.06 bits per heavy atom. The zero-order valence-corrected chi connectivity index (χ0v) is 12.0. The predicted octanol–water partition coefficient (Wildman–Crippen LogP) is 3.43. The topological polar surface area (TPSA) is 17.0 Å². The molecule has 0 bridgehead atoms. The molecule has 3 heterocycles. The lowest BCUT2D eigenvalue weighted by Crippen LogP contribution is -2.27. The van der Waals surface area contributed by atoms with Crippen LogP contribution in [0.3, 0.4) is 0 Å². The molecule has 94 valence electrons. The Morgan fingerprint density at radius 1 is 1.22 bits per heavy atom. The molecule has 2 aromatic rings. The van der Waals surface area contributed by atoms with Crippen LogP contribution in [-0.2, 0) is 13.0 Å². The summed E-state index contributed by atoms with van der Waals surface area (Å²) >= 11 is 3.87. The van der Waals surface area contributed by atoms with Crippen molar-refractivity contribution in [3.05, 3.63) is 33.9 Å². The van der Waals surface area contributed by atoms with Crippen LogP contribution >= 0.6 is 15.9 Å². The van der Waals surface area contributed by atoms with Gasteiger partial charge in [-0.1, -0.05) is 18.2 Å². The number of hydrogen-bond acceptors (Lipinski definition) is 1. The third-order valence-corrected chi connectivity index (χ3v) is 5.31. The molecule has 1 aromatic carbocycles. The van der Waals surface area contributed by atoms with Crippen molar-refractivity contribution in [1.29, 1.82) is 0 Å². The fraction of sp³-hybridized carbons (Fsp3) is 0.467. The molecule has 0 aliphatic carbocycles. The Labute approximate surface area is 115 Å². The average Bonchev–Trinajstić information content (AvgIpc) is 2.96. The van der Waals surface area contributed by atoms with Gasteiger partial charge in [0.25, 0.3) is 0 Å². The average molecular weight is 305 g/mol. The summed E-state index contributed by atoms with van der Waals surface area (Å²) in [5.41, 5.74) is 4.56. The minimum absolute atomic E-state index is 0.721. The summed E-state index contributed by atoms with van der Waals surface area (Å²) in [5.74, 6) is 0.721. The second kappa shape index (κ2) is 4.10. The molecule has 2 aliphatic heterocycles. The molecule has 1 N–H and O–H groups in total. The number of nitrogens with one attached hydrogen (secondary N) is 1. The molecular formula is C15H17BrN2. The highest BCUT2D eigenvalue weighted by atomic mass is 79.9. The highest BCUT2D eigenvalue weighted by Gasteiger charge is 2.27. The van der Waals surface area contributed by atoms with Gasteiger partial charge in [-0.25, -0.2) is 0 Å². The maximum absolute atomic E-state index is 3.87. The van der Waals surface area contributed by atoms with E-state index in [0.717, 1.165) is 19.0 Å². The van der Waals surface area contributed by atoms with Gasteiger partial charge in [-0.05, 0) is 53.8 Å². The summed E-state index contributed by atoms with van der Waals surface area (Å²) < 4.78 is 3.93. The van der Waals surface area contributed by atoms with Crippen LogP contribution < -0.4 is 5.32 Å². The quantitative estimate of drug-likeness (QED) is 0.854. The van der Waals surface area contributed by atoms with E-state index >= 15 is 0 Å². The SMILES string of the molecule is Brc1c(C2CCNCC2)n2c3c(cccc13)CC2. The van der Waals surface area contributed by atoms with Gasteiger partial charge in [0, 0.05) is 28.0 Å². The van der Waals surface area contributed by atoms with Gasteiger partial charge < -0.3 is 9.88 Å². The van der Waals surface area contributed by atoms with E-state index in [2.05, 4.69) is 44.0 Å². The molecule has 0 unspecified atom stereocenters. The van der Waals surface area contributed by atoms with Crippen LogP contribution in [0.25, 0.3) is 10.9 Å². The van der Waals surface area contributed by atoms with E-state index in [1.807, 2.05) is 0 Å². The fourth-order valence-corrected chi connectivity index (χ4v) is 4.48. The number of halogens is 1. The van der Waals surface area contributed by atoms with Crippen molar-refractivity contribution in [2.45, 2.75) is 31.7 Å². The zero-order chi connectivity index (χ0) is 12.1. The summed E-state index contributed by atoms with van der Waals surface area (Å²) in [6.45, 7) is 3.48. The molecule has 18 heavy (non-hydrogen) atoms. The van der Waals surface area contributed by atoms with Crippen LogP contribution in [0.5, 0.6) is 0 Å². The van der Waals surface area contributed by atoms with E-state index in [1.54, 1.807) is 5.69 Å². The fourth-order valence-electron chi connectivity index (χ4n) is 3.63. The maximum atomic E-state index is 3.87. The monoisotopic (exact) mass is 304 g/mol. The number of rotatable bonds is 1. The van der Waals surface area contributed by atoms with E-state index in [-0.39, 0.29) is 0 Å². The molecule has 2 aliphatic rings. The van der Waals surface area contributed by atoms with Crippen molar-refractivity contribution in [3.8, 4) is 0 Å². The third-order valence-electron chi connectivity index (χ3n) is 4.47. The minimum Gasteiger partial charge on any atom is -0.343 e. The number of hydrogen-bond donors (Lipinski definition) is 1. The number of benzene rings is 1. The van der Waals surface area contributed by atoms with Crippen LogP contribution in [-0.4, -0.2) is 17.7 Å². The smallest absolute Gasteiger partial charge is 0.0527 e. The Balaban J connectivity index is 1.94. The first-order valence-corrected chi connectivity index (χ1v) is 7.66. The third kappa shape index (κ3) is 1.44. The van der Waals surface area contributed by atoms with Crippen molar-refractivity contribution in [2.75, 3.05) is 13.1 Å².